The van der Waals surface area contributed by atoms with E-state index in [4.69, 9.17) is 20.8 Å². The maximum absolute atomic E-state index is 13.1. The molecular formula is C25H22ClNO5. The molecular weight excluding hydrogens is 430 g/mol. The van der Waals surface area contributed by atoms with Crippen LogP contribution in [0, 0.1) is 0 Å². The van der Waals surface area contributed by atoms with E-state index in [1.807, 2.05) is 13.0 Å². The zero-order valence-corrected chi connectivity index (χ0v) is 18.2. The molecule has 2 aromatic carbocycles. The Morgan fingerprint density at radius 2 is 1.91 bits per heavy atom. The molecule has 1 N–H and O–H groups in total. The van der Waals surface area contributed by atoms with Crippen LogP contribution in [0.3, 0.4) is 0 Å². The van der Waals surface area contributed by atoms with Crippen LogP contribution < -0.4 is 4.74 Å². The Balaban J connectivity index is 1.83. The number of benzene rings is 2. The highest BCUT2D eigenvalue weighted by Gasteiger charge is 2.46. The quantitative estimate of drug-likeness (QED) is 0.298. The molecule has 0 aliphatic carbocycles. The highest BCUT2D eigenvalue weighted by Crippen LogP contribution is 2.41. The zero-order valence-electron chi connectivity index (χ0n) is 17.5. The summed E-state index contributed by atoms with van der Waals surface area (Å²) in [7, 11) is 0. The van der Waals surface area contributed by atoms with E-state index < -0.39 is 17.7 Å². The first kappa shape index (κ1) is 21.7. The van der Waals surface area contributed by atoms with Crippen LogP contribution in [0.25, 0.3) is 5.76 Å². The molecule has 4 rings (SSSR count). The molecule has 7 heteroatoms. The molecule has 1 saturated heterocycles. The molecule has 1 aliphatic rings. The van der Waals surface area contributed by atoms with Crippen molar-refractivity contribution in [1.29, 1.82) is 0 Å². The van der Waals surface area contributed by atoms with Crippen molar-refractivity contribution in [3.63, 3.8) is 0 Å². The fraction of sp³-hybridized carbons (Fsp3) is 0.200. The van der Waals surface area contributed by atoms with Crippen molar-refractivity contribution < 1.29 is 23.8 Å². The van der Waals surface area contributed by atoms with Crippen molar-refractivity contribution in [3.8, 4) is 5.75 Å². The van der Waals surface area contributed by atoms with Crippen LogP contribution in [-0.2, 0) is 16.1 Å². The van der Waals surface area contributed by atoms with Gasteiger partial charge in [0.05, 0.1) is 31.0 Å². The van der Waals surface area contributed by atoms with Crippen molar-refractivity contribution in [2.45, 2.75) is 25.9 Å². The van der Waals surface area contributed by atoms with Gasteiger partial charge in [0.15, 0.2) is 0 Å². The third kappa shape index (κ3) is 4.27. The molecule has 0 bridgehead atoms. The molecule has 1 unspecified atom stereocenters. The van der Waals surface area contributed by atoms with Gasteiger partial charge in [-0.05, 0) is 60.5 Å². The average molecular weight is 452 g/mol. The summed E-state index contributed by atoms with van der Waals surface area (Å²) in [5.41, 5.74) is 1.06. The number of Topliss-reactive ketones (excluding diaryl/α,β-unsaturated/α-hetero) is 1. The molecule has 2 heterocycles. The van der Waals surface area contributed by atoms with Gasteiger partial charge in [-0.25, -0.2) is 0 Å². The Morgan fingerprint density at radius 1 is 1.12 bits per heavy atom. The summed E-state index contributed by atoms with van der Waals surface area (Å²) in [5.74, 6) is -0.566. The van der Waals surface area contributed by atoms with Crippen molar-refractivity contribution in [2.75, 3.05) is 6.61 Å². The number of carbonyl (C=O) groups excluding carboxylic acids is 2. The van der Waals surface area contributed by atoms with Gasteiger partial charge in [0.2, 0.25) is 0 Å². The highest BCUT2D eigenvalue weighted by atomic mass is 35.5. The van der Waals surface area contributed by atoms with Crippen molar-refractivity contribution in [3.05, 3.63) is 94.4 Å². The first-order valence-corrected chi connectivity index (χ1v) is 10.7. The van der Waals surface area contributed by atoms with Crippen LogP contribution in [-0.4, -0.2) is 28.3 Å². The van der Waals surface area contributed by atoms with Crippen LogP contribution in [0.2, 0.25) is 5.02 Å². The topological polar surface area (TPSA) is 80.0 Å². The number of hydrogen-bond donors (Lipinski definition) is 1. The lowest BCUT2D eigenvalue weighted by molar-refractivity contribution is -0.140. The molecule has 0 spiro atoms. The van der Waals surface area contributed by atoms with Crippen molar-refractivity contribution in [1.82, 2.24) is 4.90 Å². The van der Waals surface area contributed by atoms with Gasteiger partial charge < -0.3 is 19.2 Å². The number of hydrogen-bond acceptors (Lipinski definition) is 5. The number of nitrogens with zero attached hydrogens (tertiary/aromatic N) is 1. The summed E-state index contributed by atoms with van der Waals surface area (Å²) in [5, 5.41) is 11.6. The number of amides is 1. The van der Waals surface area contributed by atoms with Crippen LogP contribution in [0.4, 0.5) is 0 Å². The SMILES string of the molecule is CCCOc1cccc(C2/C(=C(\O)c3ccc(Cl)cc3)C(=O)C(=O)N2Cc2ccco2)c1. The number of halogens is 1. The zero-order chi connectivity index (χ0) is 22.7. The Hall–Kier alpha value is -3.51. The number of aliphatic hydroxyl groups is 1. The molecule has 1 fully saturated rings. The maximum Gasteiger partial charge on any atom is 0.296 e. The van der Waals surface area contributed by atoms with Gasteiger partial charge in [0, 0.05) is 10.6 Å². The number of carbonyl (C=O) groups is 2. The number of furan rings is 1. The Bertz CT molecular complexity index is 1150. The molecule has 1 aliphatic heterocycles. The van der Waals surface area contributed by atoms with Crippen LogP contribution >= 0.6 is 11.6 Å². The summed E-state index contributed by atoms with van der Waals surface area (Å²) in [6, 6.07) is 16.3. The van der Waals surface area contributed by atoms with Gasteiger partial charge in [-0.15, -0.1) is 0 Å². The second-order valence-corrected chi connectivity index (χ2v) is 7.87. The minimum absolute atomic E-state index is 0.0107. The molecule has 32 heavy (non-hydrogen) atoms. The Kier molecular flexibility index (Phi) is 6.32. The molecule has 1 atom stereocenters. The molecule has 6 nitrogen and oxygen atoms in total. The van der Waals surface area contributed by atoms with E-state index in [0.29, 0.717) is 34.3 Å². The summed E-state index contributed by atoms with van der Waals surface area (Å²) in [6.45, 7) is 2.63. The minimum Gasteiger partial charge on any atom is -0.507 e. The van der Waals surface area contributed by atoms with Gasteiger partial charge in [-0.2, -0.15) is 0 Å². The van der Waals surface area contributed by atoms with E-state index in [0.717, 1.165) is 6.42 Å². The maximum atomic E-state index is 13.1. The van der Waals surface area contributed by atoms with Gasteiger partial charge >= 0.3 is 0 Å². The fourth-order valence-electron chi connectivity index (χ4n) is 3.72. The highest BCUT2D eigenvalue weighted by molar-refractivity contribution is 6.46. The van der Waals surface area contributed by atoms with E-state index in [-0.39, 0.29) is 17.9 Å². The molecule has 3 aromatic rings. The van der Waals surface area contributed by atoms with Crippen molar-refractivity contribution in [2.24, 2.45) is 0 Å². The van der Waals surface area contributed by atoms with E-state index in [1.54, 1.807) is 54.6 Å². The van der Waals surface area contributed by atoms with Gasteiger partial charge in [-0.1, -0.05) is 30.7 Å². The summed E-state index contributed by atoms with van der Waals surface area (Å²) < 4.78 is 11.2. The number of rotatable bonds is 7. The Labute approximate surface area is 190 Å². The molecule has 1 amide bonds. The smallest absolute Gasteiger partial charge is 0.296 e. The lowest BCUT2D eigenvalue weighted by atomic mass is 9.95. The van der Waals surface area contributed by atoms with Crippen LogP contribution in [0.15, 0.2) is 76.9 Å². The predicted molar refractivity (Wildman–Crippen MR) is 120 cm³/mol. The summed E-state index contributed by atoms with van der Waals surface area (Å²) in [6.07, 6.45) is 2.35. The van der Waals surface area contributed by atoms with E-state index in [2.05, 4.69) is 0 Å². The van der Waals surface area contributed by atoms with E-state index >= 15 is 0 Å². The normalized spacial score (nSPS) is 17.7. The molecule has 0 radical (unpaired) electrons. The lowest BCUT2D eigenvalue weighted by Crippen LogP contribution is -2.29. The monoisotopic (exact) mass is 451 g/mol. The fourth-order valence-corrected chi connectivity index (χ4v) is 3.84. The Morgan fingerprint density at radius 3 is 2.59 bits per heavy atom. The third-order valence-corrected chi connectivity index (χ3v) is 5.46. The van der Waals surface area contributed by atoms with E-state index in [9.17, 15) is 14.7 Å². The van der Waals surface area contributed by atoms with E-state index in [1.165, 1.54) is 11.2 Å². The molecule has 0 saturated carbocycles. The van der Waals surface area contributed by atoms with Crippen molar-refractivity contribution >= 4 is 29.1 Å². The second-order valence-electron chi connectivity index (χ2n) is 7.43. The number of ether oxygens (including phenoxy) is 1. The third-order valence-electron chi connectivity index (χ3n) is 5.21. The predicted octanol–water partition coefficient (Wildman–Crippen LogP) is 5.34. The average Bonchev–Trinajstić information content (AvgIpc) is 3.40. The van der Waals surface area contributed by atoms with Gasteiger partial charge in [-0.3, -0.25) is 9.59 Å². The lowest BCUT2D eigenvalue weighted by Gasteiger charge is -2.25. The molecule has 164 valence electrons. The van der Waals surface area contributed by atoms with Gasteiger partial charge in [0.1, 0.15) is 17.3 Å². The largest absolute Gasteiger partial charge is 0.507 e. The van der Waals surface area contributed by atoms with Gasteiger partial charge in [0.25, 0.3) is 11.7 Å². The summed E-state index contributed by atoms with van der Waals surface area (Å²) >= 11 is 5.96. The first-order chi connectivity index (χ1) is 15.5. The molecule has 1 aromatic heterocycles. The van der Waals surface area contributed by atoms with Crippen LogP contribution in [0.5, 0.6) is 5.75 Å². The minimum atomic E-state index is -0.805. The van der Waals surface area contributed by atoms with Crippen LogP contribution in [0.1, 0.15) is 36.3 Å². The second kappa shape index (κ2) is 9.32. The number of ketones is 1. The summed E-state index contributed by atoms with van der Waals surface area (Å²) in [4.78, 5) is 27.5. The first-order valence-electron chi connectivity index (χ1n) is 10.3. The number of likely N-dealkylation sites (tertiary alicyclic amines) is 1. The standard InChI is InChI=1S/C25H22ClNO5/c1-2-12-31-19-6-3-5-17(14-19)22-21(23(28)16-8-10-18(26)11-9-16)24(29)25(30)27(22)15-20-7-4-13-32-20/h3-11,13-14,22,28H,2,12,15H2,1H3/b23-21+. The number of aliphatic hydroxyl groups excluding tert-OH is 1.